The Morgan fingerprint density at radius 2 is 1.27 bits per heavy atom. The fraction of sp³-hybridized carbons (Fsp3) is 0.576. The summed E-state index contributed by atoms with van der Waals surface area (Å²) in [5, 5.41) is 7.87. The first kappa shape index (κ1) is 43.6. The number of hydrogen-bond donors (Lipinski definition) is 8. The molecule has 0 fully saturated rings. The summed E-state index contributed by atoms with van der Waals surface area (Å²) in [7, 11) is 2.85. The number of nitrogens with two attached hydrogens (primary N) is 5. The van der Waals surface area contributed by atoms with Crippen molar-refractivity contribution in [3.05, 3.63) is 35.9 Å². The first-order valence-corrected chi connectivity index (χ1v) is 16.5. The van der Waals surface area contributed by atoms with E-state index in [4.69, 9.17) is 28.7 Å². The maximum Gasteiger partial charge on any atom is 0.248 e. The van der Waals surface area contributed by atoms with Crippen LogP contribution in [0.5, 0.6) is 0 Å². The number of benzene rings is 1. The Morgan fingerprint density at radius 1 is 0.745 bits per heavy atom. The van der Waals surface area contributed by atoms with Gasteiger partial charge in [0.25, 0.3) is 0 Å². The molecule has 0 saturated heterocycles. The molecule has 18 nitrogen and oxygen atoms in total. The minimum absolute atomic E-state index is 0.0806. The van der Waals surface area contributed by atoms with E-state index in [1.54, 1.807) is 24.3 Å². The first-order chi connectivity index (χ1) is 23.6. The second-order valence-electron chi connectivity index (χ2n) is 13.3. The Kier molecular flexibility index (Phi) is 16.8. The highest BCUT2D eigenvalue weighted by Crippen LogP contribution is 2.18. The molecule has 13 N–H and O–H groups in total. The minimum Gasteiger partial charge on any atom is -0.370 e. The lowest BCUT2D eigenvalue weighted by atomic mass is 9.98. The van der Waals surface area contributed by atoms with Crippen LogP contribution in [0.1, 0.15) is 65.9 Å². The van der Waals surface area contributed by atoms with Crippen molar-refractivity contribution in [2.45, 2.75) is 95.9 Å². The molecule has 18 heteroatoms. The second kappa shape index (κ2) is 19.7. The number of primary amides is 1. The molecule has 0 aromatic heterocycles. The lowest BCUT2D eigenvalue weighted by Gasteiger charge is -2.38. The molecule has 0 aliphatic rings. The molecule has 0 aliphatic carbocycles. The van der Waals surface area contributed by atoms with E-state index in [0.717, 1.165) is 5.56 Å². The maximum atomic E-state index is 14.1. The number of carbonyl (C=O) groups is 6. The molecule has 1 aromatic rings. The van der Waals surface area contributed by atoms with Gasteiger partial charge in [-0.05, 0) is 58.9 Å². The van der Waals surface area contributed by atoms with Crippen LogP contribution >= 0.6 is 0 Å². The van der Waals surface area contributed by atoms with Crippen LogP contribution in [0, 0.1) is 0 Å². The molecule has 6 amide bonds. The van der Waals surface area contributed by atoms with Crippen LogP contribution < -0.4 is 44.6 Å². The highest BCUT2D eigenvalue weighted by Gasteiger charge is 2.41. The number of hydrogen-bond acceptors (Lipinski definition) is 8. The van der Waals surface area contributed by atoms with Crippen LogP contribution in [0.3, 0.4) is 0 Å². The molecule has 0 radical (unpaired) electrons. The van der Waals surface area contributed by atoms with Crippen molar-refractivity contribution in [1.82, 2.24) is 25.8 Å². The Morgan fingerprint density at radius 3 is 1.76 bits per heavy atom. The molecule has 0 bridgehead atoms. The van der Waals surface area contributed by atoms with Gasteiger partial charge in [0, 0.05) is 40.5 Å². The molecule has 0 unspecified atom stereocenters. The van der Waals surface area contributed by atoms with Crippen molar-refractivity contribution in [2.75, 3.05) is 27.2 Å². The van der Waals surface area contributed by atoms with E-state index in [0.29, 0.717) is 6.42 Å². The lowest BCUT2D eigenvalue weighted by Crippen LogP contribution is -2.64. The van der Waals surface area contributed by atoms with E-state index in [2.05, 4.69) is 25.9 Å². The molecule has 1 aromatic carbocycles. The Bertz CT molecular complexity index is 1440. The zero-order chi connectivity index (χ0) is 39.1. The predicted molar refractivity (Wildman–Crippen MR) is 194 cm³/mol. The Labute approximate surface area is 299 Å². The van der Waals surface area contributed by atoms with Gasteiger partial charge in [0.05, 0.1) is 0 Å². The number of carbonyl (C=O) groups excluding carboxylic acids is 6. The van der Waals surface area contributed by atoms with Gasteiger partial charge in [-0.15, -0.1) is 0 Å². The minimum atomic E-state index is -1.61. The van der Waals surface area contributed by atoms with Crippen LogP contribution in [0.2, 0.25) is 0 Å². The molecule has 0 heterocycles. The van der Waals surface area contributed by atoms with Gasteiger partial charge in [-0.2, -0.15) is 0 Å². The van der Waals surface area contributed by atoms with Crippen molar-refractivity contribution >= 4 is 47.4 Å². The molecule has 284 valence electrons. The van der Waals surface area contributed by atoms with Gasteiger partial charge >= 0.3 is 0 Å². The van der Waals surface area contributed by atoms with Crippen LogP contribution in [-0.2, 0) is 35.2 Å². The number of amides is 6. The molecule has 0 saturated carbocycles. The van der Waals surface area contributed by atoms with Gasteiger partial charge in [-0.3, -0.25) is 38.8 Å². The summed E-state index contributed by atoms with van der Waals surface area (Å²) in [5.41, 5.74) is 25.3. The molecular weight excluding hydrogens is 660 g/mol. The average Bonchev–Trinajstić information content (AvgIpc) is 3.02. The monoisotopic (exact) mass is 716 g/mol. The molecule has 0 spiro atoms. The molecular formula is C33H56N12O6. The maximum absolute atomic E-state index is 14.1. The van der Waals surface area contributed by atoms with Crippen molar-refractivity contribution in [3.63, 3.8) is 0 Å². The van der Waals surface area contributed by atoms with Gasteiger partial charge in [0.15, 0.2) is 11.9 Å². The lowest BCUT2D eigenvalue weighted by molar-refractivity contribution is -0.150. The van der Waals surface area contributed by atoms with Crippen molar-refractivity contribution < 1.29 is 28.8 Å². The summed E-state index contributed by atoms with van der Waals surface area (Å²) in [5.74, 6) is -4.02. The third kappa shape index (κ3) is 14.5. The SMILES string of the molecule is CC(=O)NC(C)(C)C(=O)N[C@@H](CCCN=C(N)N)C(=O)NC(C)(C)C(=O)N(C)[C@@H](CCCN=C(N)N)C(=O)N(C)[C@@H](Cc1ccccc1)C(N)=O. The fourth-order valence-corrected chi connectivity index (χ4v) is 5.27. The van der Waals surface area contributed by atoms with Gasteiger partial charge in [-0.25, -0.2) is 0 Å². The largest absolute Gasteiger partial charge is 0.370 e. The zero-order valence-corrected chi connectivity index (χ0v) is 30.7. The molecule has 0 aliphatic heterocycles. The third-order valence-electron chi connectivity index (χ3n) is 8.01. The van der Waals surface area contributed by atoms with Crippen LogP contribution in [0.25, 0.3) is 0 Å². The highest BCUT2D eigenvalue weighted by molar-refractivity contribution is 5.98. The Hall–Kier alpha value is -5.42. The first-order valence-electron chi connectivity index (χ1n) is 16.5. The van der Waals surface area contributed by atoms with E-state index < -0.39 is 64.6 Å². The quantitative estimate of drug-likeness (QED) is 0.0408. The highest BCUT2D eigenvalue weighted by atomic mass is 16.2. The van der Waals surface area contributed by atoms with E-state index in [1.165, 1.54) is 58.5 Å². The molecule has 3 atom stereocenters. The van der Waals surface area contributed by atoms with Gasteiger partial charge < -0.3 is 54.4 Å². The summed E-state index contributed by atoms with van der Waals surface area (Å²) in [6, 6.07) is 5.73. The summed E-state index contributed by atoms with van der Waals surface area (Å²) >= 11 is 0. The van der Waals surface area contributed by atoms with E-state index >= 15 is 0 Å². The van der Waals surface area contributed by atoms with Crippen molar-refractivity contribution in [2.24, 2.45) is 38.7 Å². The van der Waals surface area contributed by atoms with Gasteiger partial charge in [0.1, 0.15) is 29.2 Å². The number of aliphatic imine (C=N–C) groups is 2. The van der Waals surface area contributed by atoms with E-state index in [1.807, 2.05) is 6.07 Å². The number of guanidine groups is 2. The van der Waals surface area contributed by atoms with Crippen LogP contribution in [0.15, 0.2) is 40.3 Å². The summed E-state index contributed by atoms with van der Waals surface area (Å²) in [4.78, 5) is 89.4. The fourth-order valence-electron chi connectivity index (χ4n) is 5.27. The van der Waals surface area contributed by atoms with Gasteiger partial charge in [-0.1, -0.05) is 30.3 Å². The Balaban J connectivity index is 3.36. The number of nitrogens with one attached hydrogen (secondary N) is 3. The molecule has 51 heavy (non-hydrogen) atoms. The standard InChI is InChI=1S/C33H56N12O6/c1-20(46)42-32(2,3)28(50)41-22(15-11-17-39-30(35)36)26(48)43-33(4,5)29(51)45(7)23(16-12-18-40-31(37)38)27(49)44(6)24(25(34)47)19-21-13-9-8-10-14-21/h8-10,13-14,22-24H,11-12,15-19H2,1-7H3,(H2,34,47)(H,41,50)(H,42,46)(H,43,48)(H4,35,36,39)(H4,37,38,40)/t22-,23-,24-/m0/s1. The summed E-state index contributed by atoms with van der Waals surface area (Å²) in [6.45, 7) is 7.44. The second-order valence-corrected chi connectivity index (χ2v) is 13.3. The summed E-state index contributed by atoms with van der Waals surface area (Å²) in [6.07, 6.45) is 0.906. The van der Waals surface area contributed by atoms with E-state index in [-0.39, 0.29) is 50.7 Å². The predicted octanol–water partition coefficient (Wildman–Crippen LogP) is -2.23. The third-order valence-corrected chi connectivity index (χ3v) is 8.01. The van der Waals surface area contributed by atoms with Crippen LogP contribution in [-0.4, -0.2) is 114 Å². The number of rotatable bonds is 20. The number of likely N-dealkylation sites (N-methyl/N-ethyl adjacent to an activating group) is 2. The normalized spacial score (nSPS) is 13.0. The average molecular weight is 717 g/mol. The van der Waals surface area contributed by atoms with Crippen molar-refractivity contribution in [1.29, 1.82) is 0 Å². The van der Waals surface area contributed by atoms with E-state index in [9.17, 15) is 28.8 Å². The zero-order valence-electron chi connectivity index (χ0n) is 30.7. The summed E-state index contributed by atoms with van der Waals surface area (Å²) < 4.78 is 0. The van der Waals surface area contributed by atoms with Gasteiger partial charge in [0.2, 0.25) is 35.4 Å². The van der Waals surface area contributed by atoms with Crippen molar-refractivity contribution in [3.8, 4) is 0 Å². The van der Waals surface area contributed by atoms with Crippen LogP contribution in [0.4, 0.5) is 0 Å². The number of nitrogens with zero attached hydrogens (tertiary/aromatic N) is 4. The molecule has 1 rings (SSSR count). The smallest absolute Gasteiger partial charge is 0.248 e. The topological polar surface area (TPSA) is 300 Å².